The first-order valence-corrected chi connectivity index (χ1v) is 7.04. The summed E-state index contributed by atoms with van der Waals surface area (Å²) in [5, 5.41) is 22.7. The molecule has 0 bridgehead atoms. The van der Waals surface area contributed by atoms with Crippen molar-refractivity contribution in [3.63, 3.8) is 0 Å². The van der Waals surface area contributed by atoms with E-state index in [0.717, 1.165) is 38.5 Å². The van der Waals surface area contributed by atoms with Crippen LogP contribution in [0.25, 0.3) is 11.1 Å². The number of nitro benzene ring substituents is 2. The van der Waals surface area contributed by atoms with Crippen molar-refractivity contribution in [3.8, 4) is 11.1 Å². The molecule has 0 spiro atoms. The molecule has 0 heterocycles. The van der Waals surface area contributed by atoms with E-state index >= 15 is 0 Å². The third-order valence-corrected chi connectivity index (χ3v) is 3.52. The Labute approximate surface area is 146 Å². The fourth-order valence-corrected chi connectivity index (χ4v) is 2.31. The predicted octanol–water partition coefficient (Wildman–Crippen LogP) is 2.74. The molecule has 0 aliphatic rings. The Hall–Kier alpha value is -3.82. The molecule has 0 radical (unpaired) electrons. The van der Waals surface area contributed by atoms with Crippen LogP contribution in [0.4, 0.5) is 11.4 Å². The number of carbonyl (C=O) groups excluding carboxylic acids is 2. The van der Waals surface area contributed by atoms with Gasteiger partial charge in [-0.25, -0.2) is 9.59 Å². The van der Waals surface area contributed by atoms with Crippen LogP contribution in [0.5, 0.6) is 0 Å². The van der Waals surface area contributed by atoms with Crippen LogP contribution in [0.15, 0.2) is 36.4 Å². The van der Waals surface area contributed by atoms with Gasteiger partial charge in [-0.1, -0.05) is 0 Å². The van der Waals surface area contributed by atoms with Crippen molar-refractivity contribution in [3.05, 3.63) is 67.8 Å². The van der Waals surface area contributed by atoms with Crippen LogP contribution in [-0.2, 0) is 9.47 Å². The van der Waals surface area contributed by atoms with Crippen molar-refractivity contribution in [2.75, 3.05) is 14.2 Å². The first-order chi connectivity index (χ1) is 12.3. The summed E-state index contributed by atoms with van der Waals surface area (Å²) in [6.45, 7) is 0. The van der Waals surface area contributed by atoms with Gasteiger partial charge in [-0.15, -0.1) is 0 Å². The molecule has 0 unspecified atom stereocenters. The van der Waals surface area contributed by atoms with Gasteiger partial charge in [0.15, 0.2) is 0 Å². The summed E-state index contributed by atoms with van der Waals surface area (Å²) in [4.78, 5) is 44.6. The summed E-state index contributed by atoms with van der Waals surface area (Å²) >= 11 is 0. The zero-order valence-electron chi connectivity index (χ0n) is 13.6. The lowest BCUT2D eigenvalue weighted by Crippen LogP contribution is -2.05. The Bertz CT molecular complexity index is 847. The van der Waals surface area contributed by atoms with Gasteiger partial charge in [-0.05, 0) is 24.3 Å². The van der Waals surface area contributed by atoms with E-state index in [2.05, 4.69) is 9.47 Å². The highest BCUT2D eigenvalue weighted by Crippen LogP contribution is 2.37. The number of methoxy groups -OCH3 is 2. The zero-order chi connectivity index (χ0) is 19.4. The van der Waals surface area contributed by atoms with E-state index in [-0.39, 0.29) is 22.3 Å². The Morgan fingerprint density at radius 1 is 0.769 bits per heavy atom. The quantitative estimate of drug-likeness (QED) is 0.450. The molecular formula is C16H12N2O8. The standard InChI is InChI=1S/C16H12N2O8/c1-25-15(19)9-3-5-13(17(21)22)11(7-9)12-8-10(16(20)26-2)4-6-14(12)18(23)24/h3-8H,1-2H3. The number of hydrogen-bond acceptors (Lipinski definition) is 8. The van der Waals surface area contributed by atoms with Gasteiger partial charge in [0.1, 0.15) is 0 Å². The normalized spacial score (nSPS) is 10.1. The van der Waals surface area contributed by atoms with Crippen LogP contribution in [0.3, 0.4) is 0 Å². The summed E-state index contributed by atoms with van der Waals surface area (Å²) in [5.41, 5.74) is -1.41. The van der Waals surface area contributed by atoms with E-state index in [4.69, 9.17) is 0 Å². The van der Waals surface area contributed by atoms with Gasteiger partial charge >= 0.3 is 11.9 Å². The highest BCUT2D eigenvalue weighted by Gasteiger charge is 2.26. The lowest BCUT2D eigenvalue weighted by Gasteiger charge is -2.08. The van der Waals surface area contributed by atoms with Crippen LogP contribution in [0, 0.1) is 20.2 Å². The molecule has 0 atom stereocenters. The number of hydrogen-bond donors (Lipinski definition) is 0. The summed E-state index contributed by atoms with van der Waals surface area (Å²) in [6.07, 6.45) is 0. The molecule has 2 rings (SSSR count). The van der Waals surface area contributed by atoms with Crippen molar-refractivity contribution in [1.29, 1.82) is 0 Å². The number of rotatable bonds is 5. The lowest BCUT2D eigenvalue weighted by atomic mass is 9.97. The zero-order valence-corrected chi connectivity index (χ0v) is 13.6. The fraction of sp³-hybridized carbons (Fsp3) is 0.125. The van der Waals surface area contributed by atoms with Crippen molar-refractivity contribution in [2.24, 2.45) is 0 Å². The molecule has 0 N–H and O–H groups in total. The molecule has 0 aliphatic carbocycles. The summed E-state index contributed by atoms with van der Waals surface area (Å²) in [7, 11) is 2.26. The van der Waals surface area contributed by atoms with Crippen LogP contribution >= 0.6 is 0 Å². The predicted molar refractivity (Wildman–Crippen MR) is 87.9 cm³/mol. The first kappa shape index (κ1) is 18.5. The molecule has 2 aromatic rings. The smallest absolute Gasteiger partial charge is 0.337 e. The summed E-state index contributed by atoms with van der Waals surface area (Å²) in [5.74, 6) is -1.54. The third-order valence-electron chi connectivity index (χ3n) is 3.52. The molecule has 0 fully saturated rings. The number of nitro groups is 2. The highest BCUT2D eigenvalue weighted by atomic mass is 16.6. The summed E-state index contributed by atoms with van der Waals surface area (Å²) in [6, 6.07) is 6.62. The van der Waals surface area contributed by atoms with Gasteiger partial charge in [0.05, 0.1) is 46.3 Å². The Balaban J connectivity index is 2.82. The Morgan fingerprint density at radius 2 is 1.12 bits per heavy atom. The molecule has 10 heteroatoms. The maximum Gasteiger partial charge on any atom is 0.337 e. The number of esters is 2. The highest BCUT2D eigenvalue weighted by molar-refractivity contribution is 5.96. The van der Waals surface area contributed by atoms with Crippen LogP contribution in [-0.4, -0.2) is 36.0 Å². The second kappa shape index (κ2) is 7.38. The fourth-order valence-electron chi connectivity index (χ4n) is 2.31. The third kappa shape index (κ3) is 3.48. The van der Waals surface area contributed by atoms with Crippen LogP contribution in [0.2, 0.25) is 0 Å². The van der Waals surface area contributed by atoms with E-state index in [1.54, 1.807) is 0 Å². The number of benzene rings is 2. The van der Waals surface area contributed by atoms with Crippen molar-refractivity contribution >= 4 is 23.3 Å². The Morgan fingerprint density at radius 3 is 1.38 bits per heavy atom. The summed E-state index contributed by atoms with van der Waals surface area (Å²) < 4.78 is 9.14. The SMILES string of the molecule is COC(=O)c1ccc([N+](=O)[O-])c(-c2cc(C(=O)OC)ccc2[N+](=O)[O-])c1. The molecule has 0 aromatic heterocycles. The maximum absolute atomic E-state index is 11.7. The molecule has 134 valence electrons. The van der Waals surface area contributed by atoms with Gasteiger partial charge in [0.2, 0.25) is 0 Å². The van der Waals surface area contributed by atoms with Gasteiger partial charge < -0.3 is 9.47 Å². The molecule has 0 amide bonds. The van der Waals surface area contributed by atoms with E-state index in [1.165, 1.54) is 12.1 Å². The number of ether oxygens (including phenoxy) is 2. The number of nitrogens with zero attached hydrogens (tertiary/aromatic N) is 2. The average Bonchev–Trinajstić information content (AvgIpc) is 2.65. The van der Waals surface area contributed by atoms with Crippen molar-refractivity contribution in [2.45, 2.75) is 0 Å². The number of carbonyl (C=O) groups is 2. The van der Waals surface area contributed by atoms with Gasteiger partial charge in [-0.3, -0.25) is 20.2 Å². The average molecular weight is 360 g/mol. The second-order valence-electron chi connectivity index (χ2n) is 4.96. The molecule has 0 aliphatic heterocycles. The van der Waals surface area contributed by atoms with E-state index in [0.29, 0.717) is 0 Å². The van der Waals surface area contributed by atoms with Crippen LogP contribution < -0.4 is 0 Å². The molecule has 10 nitrogen and oxygen atoms in total. The minimum atomic E-state index is -0.770. The molecule has 0 saturated carbocycles. The molecular weight excluding hydrogens is 348 g/mol. The first-order valence-electron chi connectivity index (χ1n) is 7.04. The molecule has 26 heavy (non-hydrogen) atoms. The maximum atomic E-state index is 11.7. The van der Waals surface area contributed by atoms with Crippen molar-refractivity contribution < 1.29 is 28.9 Å². The minimum Gasteiger partial charge on any atom is -0.465 e. The van der Waals surface area contributed by atoms with E-state index in [1.807, 2.05) is 0 Å². The van der Waals surface area contributed by atoms with Gasteiger partial charge in [0.25, 0.3) is 11.4 Å². The minimum absolute atomic E-state index is 0.0362. The lowest BCUT2D eigenvalue weighted by molar-refractivity contribution is -0.386. The second-order valence-corrected chi connectivity index (χ2v) is 4.96. The van der Waals surface area contributed by atoms with Gasteiger partial charge in [-0.2, -0.15) is 0 Å². The van der Waals surface area contributed by atoms with E-state index in [9.17, 15) is 29.8 Å². The van der Waals surface area contributed by atoms with Crippen molar-refractivity contribution in [1.82, 2.24) is 0 Å². The Kier molecular flexibility index (Phi) is 5.26. The largest absolute Gasteiger partial charge is 0.465 e. The molecule has 0 saturated heterocycles. The monoisotopic (exact) mass is 360 g/mol. The van der Waals surface area contributed by atoms with E-state index < -0.39 is 33.2 Å². The molecule has 2 aromatic carbocycles. The van der Waals surface area contributed by atoms with Crippen LogP contribution in [0.1, 0.15) is 20.7 Å². The topological polar surface area (TPSA) is 139 Å². The van der Waals surface area contributed by atoms with Gasteiger partial charge in [0, 0.05) is 12.1 Å².